The van der Waals surface area contributed by atoms with Crippen molar-refractivity contribution in [2.75, 3.05) is 38.5 Å². The Morgan fingerprint density at radius 1 is 1.08 bits per heavy atom. The Morgan fingerprint density at radius 2 is 1.77 bits per heavy atom. The maximum Gasteiger partial charge on any atom is 0.260 e. The predicted molar refractivity (Wildman–Crippen MR) is 107 cm³/mol. The average molecular weight is 376 g/mol. The lowest BCUT2D eigenvalue weighted by Gasteiger charge is -2.34. The average Bonchev–Trinajstić information content (AvgIpc) is 2.62. The molecule has 1 fully saturated rings. The molecule has 0 unspecified atom stereocenters. The number of benzene rings is 2. The van der Waals surface area contributed by atoms with E-state index in [0.717, 1.165) is 44.2 Å². The zero-order valence-electron chi connectivity index (χ0n) is 15.1. The van der Waals surface area contributed by atoms with E-state index in [9.17, 15) is 4.79 Å². The number of amides is 1. The first-order chi connectivity index (χ1) is 12.1. The van der Waals surface area contributed by atoms with Crippen molar-refractivity contribution in [1.29, 1.82) is 0 Å². The highest BCUT2D eigenvalue weighted by Crippen LogP contribution is 2.13. The van der Waals surface area contributed by atoms with Crippen LogP contribution in [0.25, 0.3) is 0 Å². The lowest BCUT2D eigenvalue weighted by atomic mass is 10.2. The highest BCUT2D eigenvalue weighted by molar-refractivity contribution is 5.85. The minimum atomic E-state index is 0. The van der Waals surface area contributed by atoms with E-state index < -0.39 is 0 Å². The lowest BCUT2D eigenvalue weighted by molar-refractivity contribution is -0.135. The van der Waals surface area contributed by atoms with E-state index in [1.807, 2.05) is 54.3 Å². The van der Waals surface area contributed by atoms with Crippen LogP contribution in [0.2, 0.25) is 0 Å². The quantitative estimate of drug-likeness (QED) is 0.816. The molecule has 2 aromatic carbocycles. The summed E-state index contributed by atoms with van der Waals surface area (Å²) >= 11 is 0. The zero-order valence-corrected chi connectivity index (χ0v) is 15.9. The Balaban J connectivity index is 0.00000243. The van der Waals surface area contributed by atoms with E-state index in [1.165, 1.54) is 11.1 Å². The van der Waals surface area contributed by atoms with Crippen molar-refractivity contribution in [1.82, 2.24) is 9.80 Å². The number of carbonyl (C=O) groups excluding carboxylic acids is 1. The number of nitrogens with zero attached hydrogens (tertiary/aromatic N) is 2. The number of anilines is 1. The number of ether oxygens (including phenoxy) is 1. The van der Waals surface area contributed by atoms with Crippen LogP contribution in [0.3, 0.4) is 0 Å². The van der Waals surface area contributed by atoms with Gasteiger partial charge in [0.2, 0.25) is 0 Å². The van der Waals surface area contributed by atoms with Gasteiger partial charge in [0.15, 0.2) is 6.61 Å². The third-order valence-corrected chi connectivity index (χ3v) is 4.47. The summed E-state index contributed by atoms with van der Waals surface area (Å²) in [5, 5.41) is 0. The van der Waals surface area contributed by atoms with Crippen LogP contribution in [0.5, 0.6) is 5.75 Å². The van der Waals surface area contributed by atoms with Crippen LogP contribution >= 0.6 is 12.4 Å². The van der Waals surface area contributed by atoms with Gasteiger partial charge in [0, 0.05) is 38.4 Å². The van der Waals surface area contributed by atoms with E-state index in [1.54, 1.807) is 0 Å². The third kappa shape index (κ3) is 5.64. The fourth-order valence-electron chi connectivity index (χ4n) is 2.98. The number of carbonyl (C=O) groups is 1. The molecule has 0 radical (unpaired) electrons. The zero-order chi connectivity index (χ0) is 17.6. The van der Waals surface area contributed by atoms with Crippen LogP contribution in [-0.2, 0) is 11.3 Å². The molecule has 0 atom stereocenters. The molecule has 0 bridgehead atoms. The maximum absolute atomic E-state index is 12.3. The molecule has 5 nitrogen and oxygen atoms in total. The second-order valence-electron chi connectivity index (χ2n) is 6.50. The summed E-state index contributed by atoms with van der Waals surface area (Å²) in [4.78, 5) is 16.5. The first-order valence-corrected chi connectivity index (χ1v) is 8.64. The van der Waals surface area contributed by atoms with Crippen LogP contribution in [0, 0.1) is 6.92 Å². The van der Waals surface area contributed by atoms with Gasteiger partial charge in [-0.25, -0.2) is 0 Å². The number of hydrogen-bond donors (Lipinski definition) is 1. The number of rotatable bonds is 5. The summed E-state index contributed by atoms with van der Waals surface area (Å²) in [6, 6.07) is 15.7. The standard InChI is InChI=1S/C20H25N3O2.ClH/c1-16-5-7-19(8-6-16)25-15-20(24)23-11-9-22(10-12-23)14-17-3-2-4-18(21)13-17;/h2-8,13H,9-12,14-15,21H2,1H3;1H. The SMILES string of the molecule is Cc1ccc(OCC(=O)N2CCN(Cc3cccc(N)c3)CC2)cc1.Cl. The molecule has 1 saturated heterocycles. The minimum Gasteiger partial charge on any atom is -0.484 e. The van der Waals surface area contributed by atoms with Crippen molar-refractivity contribution in [2.24, 2.45) is 0 Å². The normalized spacial score (nSPS) is 14.6. The number of piperazine rings is 1. The van der Waals surface area contributed by atoms with Gasteiger partial charge in [-0.1, -0.05) is 29.8 Å². The van der Waals surface area contributed by atoms with E-state index in [2.05, 4.69) is 11.0 Å². The van der Waals surface area contributed by atoms with Gasteiger partial charge in [-0.3, -0.25) is 9.69 Å². The predicted octanol–water partition coefficient (Wildman–Crippen LogP) is 2.72. The summed E-state index contributed by atoms with van der Waals surface area (Å²) in [6.07, 6.45) is 0. The van der Waals surface area contributed by atoms with Gasteiger partial charge in [-0.2, -0.15) is 0 Å². The Labute approximate surface area is 161 Å². The summed E-state index contributed by atoms with van der Waals surface area (Å²) in [7, 11) is 0. The Hall–Kier alpha value is -2.24. The Kier molecular flexibility index (Phi) is 7.30. The Bertz CT molecular complexity index is 713. The first-order valence-electron chi connectivity index (χ1n) is 8.64. The van der Waals surface area contributed by atoms with Gasteiger partial charge < -0.3 is 15.4 Å². The van der Waals surface area contributed by atoms with E-state index in [4.69, 9.17) is 10.5 Å². The molecule has 3 rings (SSSR count). The lowest BCUT2D eigenvalue weighted by Crippen LogP contribution is -2.49. The number of nitrogens with two attached hydrogens (primary N) is 1. The molecule has 2 N–H and O–H groups in total. The maximum atomic E-state index is 12.3. The number of halogens is 1. The molecule has 1 aliphatic heterocycles. The van der Waals surface area contributed by atoms with Crippen molar-refractivity contribution in [3.05, 3.63) is 59.7 Å². The minimum absolute atomic E-state index is 0. The highest BCUT2D eigenvalue weighted by Gasteiger charge is 2.21. The number of nitrogen functional groups attached to an aromatic ring is 1. The molecule has 1 amide bonds. The molecule has 2 aromatic rings. The van der Waals surface area contributed by atoms with Crippen molar-refractivity contribution >= 4 is 24.0 Å². The molecule has 26 heavy (non-hydrogen) atoms. The van der Waals surface area contributed by atoms with Gasteiger partial charge in [0.1, 0.15) is 5.75 Å². The van der Waals surface area contributed by atoms with Crippen LogP contribution < -0.4 is 10.5 Å². The molecule has 1 heterocycles. The molecular weight excluding hydrogens is 350 g/mol. The van der Waals surface area contributed by atoms with Crippen LogP contribution in [0.4, 0.5) is 5.69 Å². The van der Waals surface area contributed by atoms with E-state index >= 15 is 0 Å². The molecule has 0 aliphatic carbocycles. The van der Waals surface area contributed by atoms with Crippen LogP contribution in [0.1, 0.15) is 11.1 Å². The molecule has 0 saturated carbocycles. The summed E-state index contributed by atoms with van der Waals surface area (Å²) in [6.45, 7) is 6.19. The first kappa shape index (κ1) is 20.1. The van der Waals surface area contributed by atoms with Gasteiger partial charge in [-0.15, -0.1) is 12.4 Å². The molecule has 6 heteroatoms. The van der Waals surface area contributed by atoms with E-state index in [0.29, 0.717) is 0 Å². The van der Waals surface area contributed by atoms with Gasteiger partial charge in [-0.05, 0) is 36.8 Å². The molecular formula is C20H26ClN3O2. The topological polar surface area (TPSA) is 58.8 Å². The molecule has 1 aliphatic rings. The highest BCUT2D eigenvalue weighted by atomic mass is 35.5. The second-order valence-corrected chi connectivity index (χ2v) is 6.50. The fraction of sp³-hybridized carbons (Fsp3) is 0.350. The summed E-state index contributed by atoms with van der Waals surface area (Å²) < 4.78 is 5.59. The molecule has 140 valence electrons. The third-order valence-electron chi connectivity index (χ3n) is 4.47. The van der Waals surface area contributed by atoms with Crippen LogP contribution in [-0.4, -0.2) is 48.5 Å². The number of hydrogen-bond acceptors (Lipinski definition) is 4. The van der Waals surface area contributed by atoms with Crippen molar-refractivity contribution in [2.45, 2.75) is 13.5 Å². The smallest absolute Gasteiger partial charge is 0.260 e. The van der Waals surface area contributed by atoms with Gasteiger partial charge >= 0.3 is 0 Å². The van der Waals surface area contributed by atoms with Crippen molar-refractivity contribution in [3.63, 3.8) is 0 Å². The van der Waals surface area contributed by atoms with Crippen LogP contribution in [0.15, 0.2) is 48.5 Å². The van der Waals surface area contributed by atoms with E-state index in [-0.39, 0.29) is 24.9 Å². The van der Waals surface area contributed by atoms with Crippen molar-refractivity contribution < 1.29 is 9.53 Å². The number of aryl methyl sites for hydroxylation is 1. The summed E-state index contributed by atoms with van der Waals surface area (Å²) in [5.41, 5.74) is 9.01. The molecule has 0 aromatic heterocycles. The Morgan fingerprint density at radius 3 is 2.42 bits per heavy atom. The van der Waals surface area contributed by atoms with Crippen molar-refractivity contribution in [3.8, 4) is 5.75 Å². The monoisotopic (exact) mass is 375 g/mol. The largest absolute Gasteiger partial charge is 0.484 e. The van der Waals surface area contributed by atoms with Gasteiger partial charge in [0.05, 0.1) is 0 Å². The molecule has 0 spiro atoms. The second kappa shape index (κ2) is 9.46. The summed E-state index contributed by atoms with van der Waals surface area (Å²) in [5.74, 6) is 0.781. The fourth-order valence-corrected chi connectivity index (χ4v) is 2.98. The van der Waals surface area contributed by atoms with Gasteiger partial charge in [0.25, 0.3) is 5.91 Å².